The third-order valence-corrected chi connectivity index (χ3v) is 1.52. The van der Waals surface area contributed by atoms with Crippen molar-refractivity contribution in [1.82, 2.24) is 0 Å². The van der Waals surface area contributed by atoms with Gasteiger partial charge < -0.3 is 10.8 Å². The number of hydrogen-bond donors (Lipinski definition) is 2. The van der Waals surface area contributed by atoms with E-state index in [-0.39, 0.29) is 18.4 Å². The standard InChI is InChI=1S/C7H15NO2/c1-2-3-6(4-5-9)7(8)10/h6,9H,2-5H2,1H3,(H2,8,10)/t6-/m0/s1. The molecule has 3 heteroatoms. The summed E-state index contributed by atoms with van der Waals surface area (Å²) < 4.78 is 0. The van der Waals surface area contributed by atoms with E-state index >= 15 is 0 Å². The highest BCUT2D eigenvalue weighted by atomic mass is 16.3. The van der Waals surface area contributed by atoms with Gasteiger partial charge in [0.2, 0.25) is 5.91 Å². The van der Waals surface area contributed by atoms with Gasteiger partial charge in [0.05, 0.1) is 0 Å². The Morgan fingerprint density at radius 2 is 2.20 bits per heavy atom. The van der Waals surface area contributed by atoms with Crippen LogP contribution in [0.5, 0.6) is 0 Å². The Labute approximate surface area is 61.2 Å². The molecule has 0 aliphatic rings. The molecule has 0 spiro atoms. The van der Waals surface area contributed by atoms with E-state index in [1.54, 1.807) is 0 Å². The van der Waals surface area contributed by atoms with Crippen LogP contribution in [0.3, 0.4) is 0 Å². The lowest BCUT2D eigenvalue weighted by atomic mass is 10.00. The number of aliphatic hydroxyl groups excluding tert-OH is 1. The molecule has 0 aliphatic heterocycles. The maximum atomic E-state index is 10.6. The minimum atomic E-state index is -0.295. The Bertz CT molecular complexity index is 97.8. The molecule has 0 bridgehead atoms. The molecule has 60 valence electrons. The first-order valence-electron chi connectivity index (χ1n) is 3.62. The number of carbonyl (C=O) groups excluding carboxylic acids is 1. The second kappa shape index (κ2) is 5.23. The van der Waals surface area contributed by atoms with Crippen LogP contribution >= 0.6 is 0 Å². The maximum Gasteiger partial charge on any atom is 0.220 e. The lowest BCUT2D eigenvalue weighted by Crippen LogP contribution is -2.23. The molecule has 0 saturated heterocycles. The van der Waals surface area contributed by atoms with Crippen molar-refractivity contribution >= 4 is 5.91 Å². The van der Waals surface area contributed by atoms with Crippen molar-refractivity contribution in [3.05, 3.63) is 0 Å². The normalized spacial score (nSPS) is 13.0. The van der Waals surface area contributed by atoms with Crippen LogP contribution in [0.1, 0.15) is 26.2 Å². The Morgan fingerprint density at radius 3 is 2.50 bits per heavy atom. The lowest BCUT2D eigenvalue weighted by Gasteiger charge is -2.08. The van der Waals surface area contributed by atoms with Crippen molar-refractivity contribution in [1.29, 1.82) is 0 Å². The van der Waals surface area contributed by atoms with Gasteiger partial charge in [-0.15, -0.1) is 0 Å². The summed E-state index contributed by atoms with van der Waals surface area (Å²) in [4.78, 5) is 10.6. The molecular formula is C7H15NO2. The molecule has 0 aromatic rings. The Morgan fingerprint density at radius 1 is 1.60 bits per heavy atom. The zero-order valence-electron chi connectivity index (χ0n) is 6.34. The van der Waals surface area contributed by atoms with E-state index in [1.165, 1.54) is 0 Å². The van der Waals surface area contributed by atoms with Crippen LogP contribution in [0, 0.1) is 5.92 Å². The van der Waals surface area contributed by atoms with E-state index in [0.717, 1.165) is 12.8 Å². The molecule has 3 N–H and O–H groups in total. The van der Waals surface area contributed by atoms with E-state index in [2.05, 4.69) is 0 Å². The Hall–Kier alpha value is -0.570. The zero-order valence-corrected chi connectivity index (χ0v) is 6.34. The molecule has 10 heavy (non-hydrogen) atoms. The number of aliphatic hydroxyl groups is 1. The molecule has 0 aromatic carbocycles. The van der Waals surface area contributed by atoms with E-state index in [1.807, 2.05) is 6.92 Å². The van der Waals surface area contributed by atoms with Crippen molar-refractivity contribution < 1.29 is 9.90 Å². The minimum absolute atomic E-state index is 0.0492. The summed E-state index contributed by atoms with van der Waals surface area (Å²) in [5, 5.41) is 8.50. The first-order valence-corrected chi connectivity index (χ1v) is 3.62. The smallest absolute Gasteiger partial charge is 0.220 e. The molecule has 0 saturated carbocycles. The molecule has 0 unspecified atom stereocenters. The van der Waals surface area contributed by atoms with Crippen LogP contribution in [-0.4, -0.2) is 17.6 Å². The van der Waals surface area contributed by atoms with Crippen molar-refractivity contribution in [3.8, 4) is 0 Å². The summed E-state index contributed by atoms with van der Waals surface area (Å²) in [7, 11) is 0. The van der Waals surface area contributed by atoms with Gasteiger partial charge in [0.25, 0.3) is 0 Å². The summed E-state index contributed by atoms with van der Waals surface area (Å²) in [6.45, 7) is 2.04. The second-order valence-corrected chi connectivity index (χ2v) is 2.40. The fourth-order valence-electron chi connectivity index (χ4n) is 0.933. The summed E-state index contributed by atoms with van der Waals surface area (Å²) in [5.41, 5.74) is 5.06. The molecule has 0 fully saturated rings. The van der Waals surface area contributed by atoms with Crippen LogP contribution < -0.4 is 5.73 Å². The van der Waals surface area contributed by atoms with Gasteiger partial charge in [0.1, 0.15) is 0 Å². The average molecular weight is 145 g/mol. The third-order valence-electron chi connectivity index (χ3n) is 1.52. The monoisotopic (exact) mass is 145 g/mol. The van der Waals surface area contributed by atoms with Crippen LogP contribution in [-0.2, 0) is 4.79 Å². The molecule has 0 aliphatic carbocycles. The fourth-order valence-corrected chi connectivity index (χ4v) is 0.933. The highest BCUT2D eigenvalue weighted by Crippen LogP contribution is 2.08. The van der Waals surface area contributed by atoms with E-state index in [9.17, 15) is 4.79 Å². The molecule has 0 rings (SSSR count). The minimum Gasteiger partial charge on any atom is -0.396 e. The summed E-state index contributed by atoms with van der Waals surface area (Å²) in [6, 6.07) is 0. The highest BCUT2D eigenvalue weighted by molar-refractivity contribution is 5.76. The van der Waals surface area contributed by atoms with Gasteiger partial charge in [-0.05, 0) is 12.8 Å². The molecule has 0 heterocycles. The number of amides is 1. The van der Waals surface area contributed by atoms with E-state index in [0.29, 0.717) is 6.42 Å². The topological polar surface area (TPSA) is 63.3 Å². The van der Waals surface area contributed by atoms with Gasteiger partial charge in [0, 0.05) is 12.5 Å². The van der Waals surface area contributed by atoms with Crippen LogP contribution in [0.2, 0.25) is 0 Å². The van der Waals surface area contributed by atoms with Gasteiger partial charge in [-0.25, -0.2) is 0 Å². The Balaban J connectivity index is 3.61. The molecule has 3 nitrogen and oxygen atoms in total. The van der Waals surface area contributed by atoms with E-state index in [4.69, 9.17) is 10.8 Å². The molecule has 1 atom stereocenters. The molecule has 1 amide bonds. The van der Waals surface area contributed by atoms with Gasteiger partial charge in [0.15, 0.2) is 0 Å². The van der Waals surface area contributed by atoms with E-state index < -0.39 is 0 Å². The third kappa shape index (κ3) is 3.45. The summed E-state index contributed by atoms with van der Waals surface area (Å²) >= 11 is 0. The number of rotatable bonds is 5. The zero-order chi connectivity index (χ0) is 7.98. The summed E-state index contributed by atoms with van der Waals surface area (Å²) in [5.74, 6) is -0.425. The van der Waals surface area contributed by atoms with Crippen LogP contribution in [0.15, 0.2) is 0 Å². The van der Waals surface area contributed by atoms with Crippen LogP contribution in [0.4, 0.5) is 0 Å². The second-order valence-electron chi connectivity index (χ2n) is 2.40. The number of primary amides is 1. The van der Waals surface area contributed by atoms with Crippen molar-refractivity contribution in [2.75, 3.05) is 6.61 Å². The first-order chi connectivity index (χ1) is 4.72. The number of nitrogens with two attached hydrogens (primary N) is 1. The predicted octanol–water partition coefficient (Wildman–Crippen LogP) is 0.270. The predicted molar refractivity (Wildman–Crippen MR) is 39.3 cm³/mol. The maximum absolute atomic E-state index is 10.6. The Kier molecular flexibility index (Phi) is 4.94. The largest absolute Gasteiger partial charge is 0.396 e. The average Bonchev–Trinajstić information content (AvgIpc) is 1.87. The fraction of sp³-hybridized carbons (Fsp3) is 0.857. The SMILES string of the molecule is CCC[C@@H](CCO)C(N)=O. The number of hydrogen-bond acceptors (Lipinski definition) is 2. The van der Waals surface area contributed by atoms with Crippen LogP contribution in [0.25, 0.3) is 0 Å². The molecular weight excluding hydrogens is 130 g/mol. The van der Waals surface area contributed by atoms with Gasteiger partial charge in [-0.1, -0.05) is 13.3 Å². The summed E-state index contributed by atoms with van der Waals surface area (Å²) in [6.07, 6.45) is 2.23. The molecule has 0 aromatic heterocycles. The lowest BCUT2D eigenvalue weighted by molar-refractivity contribution is -0.122. The van der Waals surface area contributed by atoms with Crippen molar-refractivity contribution in [2.24, 2.45) is 11.7 Å². The van der Waals surface area contributed by atoms with Gasteiger partial charge >= 0.3 is 0 Å². The van der Waals surface area contributed by atoms with Crippen molar-refractivity contribution in [3.63, 3.8) is 0 Å². The quantitative estimate of drug-likeness (QED) is 0.583. The highest BCUT2D eigenvalue weighted by Gasteiger charge is 2.12. The number of carbonyl (C=O) groups is 1. The van der Waals surface area contributed by atoms with Gasteiger partial charge in [-0.3, -0.25) is 4.79 Å². The molecule has 0 radical (unpaired) electrons. The van der Waals surface area contributed by atoms with Crippen molar-refractivity contribution in [2.45, 2.75) is 26.2 Å². The first kappa shape index (κ1) is 9.43. The van der Waals surface area contributed by atoms with Gasteiger partial charge in [-0.2, -0.15) is 0 Å².